The maximum atomic E-state index is 13.6. The number of carbonyl (C=O) groups excluding carboxylic acids is 1. The molecule has 24 heavy (non-hydrogen) atoms. The van der Waals surface area contributed by atoms with Gasteiger partial charge in [-0.15, -0.1) is 0 Å². The molecule has 0 aliphatic rings. The molecule has 0 bridgehead atoms. The van der Waals surface area contributed by atoms with Crippen molar-refractivity contribution in [2.45, 2.75) is 20.0 Å². The summed E-state index contributed by atoms with van der Waals surface area (Å²) in [6.45, 7) is 3.32. The van der Waals surface area contributed by atoms with Crippen LogP contribution in [-0.4, -0.2) is 41.2 Å². The van der Waals surface area contributed by atoms with E-state index in [9.17, 15) is 26.7 Å². The molecular formula is C13H16F5NO4Si. The zero-order chi connectivity index (χ0) is 18.7. The Balaban J connectivity index is 3.09. The Morgan fingerprint density at radius 3 is 1.75 bits per heavy atom. The number of nitrogens with one attached hydrogen (secondary N) is 1. The Morgan fingerprint density at radius 1 is 0.958 bits per heavy atom. The van der Waals surface area contributed by atoms with Gasteiger partial charge >= 0.3 is 8.80 Å². The van der Waals surface area contributed by atoms with Crippen LogP contribution in [0.1, 0.15) is 24.2 Å². The van der Waals surface area contributed by atoms with Crippen LogP contribution in [0.5, 0.6) is 0 Å². The van der Waals surface area contributed by atoms with E-state index in [1.807, 2.05) is 5.32 Å². The average molecular weight is 373 g/mol. The van der Waals surface area contributed by atoms with E-state index in [1.54, 1.807) is 13.8 Å². The van der Waals surface area contributed by atoms with Crippen molar-refractivity contribution >= 4 is 14.7 Å². The van der Waals surface area contributed by atoms with Gasteiger partial charge in [0.15, 0.2) is 23.3 Å². The third-order valence-corrected chi connectivity index (χ3v) is 5.62. The molecule has 1 rings (SSSR count). The van der Waals surface area contributed by atoms with Crippen LogP contribution in [0.4, 0.5) is 22.0 Å². The minimum Gasteiger partial charge on any atom is -0.376 e. The molecule has 1 N–H and O–H groups in total. The van der Waals surface area contributed by atoms with Gasteiger partial charge < -0.3 is 18.6 Å². The van der Waals surface area contributed by atoms with Crippen LogP contribution >= 0.6 is 0 Å². The quantitative estimate of drug-likeness (QED) is 0.345. The molecule has 0 spiro atoms. The summed E-state index contributed by atoms with van der Waals surface area (Å²) >= 11 is 0. The third kappa shape index (κ3) is 4.09. The summed E-state index contributed by atoms with van der Waals surface area (Å²) in [7, 11) is -0.936. The van der Waals surface area contributed by atoms with E-state index in [2.05, 4.69) is 0 Å². The fourth-order valence-electron chi connectivity index (χ4n) is 1.81. The van der Waals surface area contributed by atoms with Crippen molar-refractivity contribution in [1.29, 1.82) is 0 Å². The number of halogens is 5. The number of carbonyl (C=O) groups is 1. The van der Waals surface area contributed by atoms with Crippen molar-refractivity contribution in [1.82, 2.24) is 5.32 Å². The normalized spacial score (nSPS) is 11.9. The van der Waals surface area contributed by atoms with Crippen LogP contribution in [0, 0.1) is 29.1 Å². The Bertz CT molecular complexity index is 596. The topological polar surface area (TPSA) is 56.8 Å². The number of benzene rings is 1. The SMILES string of the molecule is CO[Si](CNC(=O)c1c(F)c(F)c(F)c(F)c1F)(OC)OC(C)C. The molecular weight excluding hydrogens is 357 g/mol. The van der Waals surface area contributed by atoms with Crippen molar-refractivity contribution in [2.24, 2.45) is 0 Å². The standard InChI is InChI=1S/C13H16F5NO4Si/c1-6(2)23-24(21-3,22-4)5-19-13(20)7-8(14)10(16)12(18)11(17)9(7)15/h6H,5H2,1-4H3,(H,19,20). The highest BCUT2D eigenvalue weighted by molar-refractivity contribution is 6.61. The molecule has 5 nitrogen and oxygen atoms in total. The third-order valence-electron chi connectivity index (χ3n) is 2.94. The molecule has 1 aromatic carbocycles. The predicted octanol–water partition coefficient (Wildman–Crippen LogP) is 2.31. The Kier molecular flexibility index (Phi) is 6.83. The van der Waals surface area contributed by atoms with Crippen LogP contribution in [0.2, 0.25) is 0 Å². The monoisotopic (exact) mass is 373 g/mol. The van der Waals surface area contributed by atoms with Gasteiger partial charge in [0.2, 0.25) is 5.82 Å². The van der Waals surface area contributed by atoms with Gasteiger partial charge in [-0.05, 0) is 13.8 Å². The van der Waals surface area contributed by atoms with Crippen molar-refractivity contribution in [3.63, 3.8) is 0 Å². The summed E-state index contributed by atoms with van der Waals surface area (Å²) in [5, 5.41) is 2.01. The van der Waals surface area contributed by atoms with Gasteiger partial charge in [-0.2, -0.15) is 0 Å². The van der Waals surface area contributed by atoms with Crippen LogP contribution in [0.25, 0.3) is 0 Å². The lowest BCUT2D eigenvalue weighted by Crippen LogP contribution is -2.55. The summed E-state index contributed by atoms with van der Waals surface area (Å²) in [6, 6.07) is 0. The molecule has 0 aromatic heterocycles. The number of hydrogen-bond acceptors (Lipinski definition) is 4. The van der Waals surface area contributed by atoms with E-state index in [1.165, 1.54) is 14.2 Å². The van der Waals surface area contributed by atoms with Gasteiger partial charge in [0.25, 0.3) is 5.91 Å². The zero-order valence-corrected chi connectivity index (χ0v) is 14.3. The van der Waals surface area contributed by atoms with Crippen LogP contribution < -0.4 is 5.32 Å². The molecule has 0 saturated heterocycles. The highest BCUT2D eigenvalue weighted by Crippen LogP contribution is 2.23. The van der Waals surface area contributed by atoms with Gasteiger partial charge in [-0.25, -0.2) is 22.0 Å². The molecule has 0 aliphatic carbocycles. The first-order chi connectivity index (χ1) is 11.1. The molecule has 0 heterocycles. The van der Waals surface area contributed by atoms with Crippen LogP contribution in [0.3, 0.4) is 0 Å². The van der Waals surface area contributed by atoms with Gasteiger partial charge in [-0.3, -0.25) is 4.79 Å². The summed E-state index contributed by atoms with van der Waals surface area (Å²) in [5.41, 5.74) is -1.59. The number of rotatable bonds is 7. The first-order valence-corrected chi connectivity index (χ1v) is 8.61. The van der Waals surface area contributed by atoms with Crippen molar-refractivity contribution in [2.75, 3.05) is 20.4 Å². The van der Waals surface area contributed by atoms with Gasteiger partial charge in [-0.1, -0.05) is 0 Å². The Labute approximate surface area is 136 Å². The maximum absolute atomic E-state index is 13.6. The highest BCUT2D eigenvalue weighted by Gasteiger charge is 2.41. The van der Waals surface area contributed by atoms with Gasteiger partial charge in [0.1, 0.15) is 5.56 Å². The molecule has 1 amide bonds. The number of amides is 1. The fourth-order valence-corrected chi connectivity index (χ4v) is 3.63. The average Bonchev–Trinajstić information content (AvgIpc) is 2.54. The second-order valence-corrected chi connectivity index (χ2v) is 7.66. The molecule has 0 unspecified atom stereocenters. The first kappa shape index (κ1) is 20.5. The predicted molar refractivity (Wildman–Crippen MR) is 74.6 cm³/mol. The lowest BCUT2D eigenvalue weighted by atomic mass is 10.1. The van der Waals surface area contributed by atoms with E-state index in [-0.39, 0.29) is 6.10 Å². The smallest absolute Gasteiger partial charge is 0.376 e. The minimum atomic E-state index is -3.41. The largest absolute Gasteiger partial charge is 0.520 e. The Hall–Kier alpha value is -1.56. The maximum Gasteiger partial charge on any atom is 0.520 e. The van der Waals surface area contributed by atoms with E-state index in [0.29, 0.717) is 0 Å². The molecule has 0 saturated carbocycles. The van der Waals surface area contributed by atoms with E-state index in [4.69, 9.17) is 13.3 Å². The molecule has 0 radical (unpaired) electrons. The lowest BCUT2D eigenvalue weighted by Gasteiger charge is -2.28. The molecule has 11 heteroatoms. The van der Waals surface area contributed by atoms with E-state index < -0.39 is 55.5 Å². The van der Waals surface area contributed by atoms with Gasteiger partial charge in [0.05, 0.1) is 6.17 Å². The lowest BCUT2D eigenvalue weighted by molar-refractivity contribution is 0.0660. The second kappa shape index (κ2) is 8.01. The number of hydrogen-bond donors (Lipinski definition) is 1. The van der Waals surface area contributed by atoms with Crippen molar-refractivity contribution in [3.8, 4) is 0 Å². The minimum absolute atomic E-state index is 0.359. The van der Waals surface area contributed by atoms with E-state index >= 15 is 0 Å². The van der Waals surface area contributed by atoms with Crippen molar-refractivity contribution in [3.05, 3.63) is 34.6 Å². The van der Waals surface area contributed by atoms with Crippen LogP contribution in [-0.2, 0) is 13.3 Å². The summed E-state index contributed by atoms with van der Waals surface area (Å²) in [5.74, 6) is -12.7. The summed E-state index contributed by atoms with van der Waals surface area (Å²) in [6.07, 6.45) is -0.793. The molecule has 0 fully saturated rings. The van der Waals surface area contributed by atoms with E-state index in [0.717, 1.165) is 0 Å². The summed E-state index contributed by atoms with van der Waals surface area (Å²) in [4.78, 5) is 11.9. The summed E-state index contributed by atoms with van der Waals surface area (Å²) < 4.78 is 82.0. The zero-order valence-electron chi connectivity index (χ0n) is 13.3. The van der Waals surface area contributed by atoms with Gasteiger partial charge in [0, 0.05) is 20.3 Å². The second-order valence-electron chi connectivity index (χ2n) is 4.89. The fraction of sp³-hybridized carbons (Fsp3) is 0.462. The molecule has 0 aliphatic heterocycles. The molecule has 1 aromatic rings. The molecule has 136 valence electrons. The highest BCUT2D eigenvalue weighted by atomic mass is 28.4. The van der Waals surface area contributed by atoms with Crippen LogP contribution in [0.15, 0.2) is 0 Å². The first-order valence-electron chi connectivity index (χ1n) is 6.68. The molecule has 0 atom stereocenters. The Morgan fingerprint density at radius 2 is 1.38 bits per heavy atom. The van der Waals surface area contributed by atoms with Crippen molar-refractivity contribution < 1.29 is 40.0 Å².